The van der Waals surface area contributed by atoms with Gasteiger partial charge in [0.05, 0.1) is 0 Å². The second-order valence-corrected chi connectivity index (χ2v) is 0. The second-order valence-electron chi connectivity index (χ2n) is 0. The van der Waals surface area contributed by atoms with Crippen molar-refractivity contribution in [2.24, 2.45) is 0 Å². The Morgan fingerprint density at radius 1 is 0.400 bits per heavy atom. The zero-order valence-corrected chi connectivity index (χ0v) is 9.15. The van der Waals surface area contributed by atoms with Crippen LogP contribution >= 0.6 is 40.5 Å². The zero-order valence-electron chi connectivity index (χ0n) is 2.39. The van der Waals surface area contributed by atoms with E-state index in [1.54, 1.807) is 0 Å². The molecule has 6 radical (unpaired) electrons. The van der Waals surface area contributed by atoms with Crippen molar-refractivity contribution in [3.8, 4) is 0 Å². The first kappa shape index (κ1) is 58.0. The maximum Gasteiger partial charge on any atom is 0 e. The number of hydrogen-bond acceptors (Lipinski definition) is 0. The Bertz CT molecular complexity index is 4.85. The number of hydrogen-bond donors (Lipinski definition) is 0. The van der Waals surface area contributed by atoms with Crippen LogP contribution in [0.5, 0.6) is 0 Å². The molecule has 34 valence electrons. The van der Waals surface area contributed by atoms with Crippen LogP contribution < -0.4 is 0 Å². The van der Waals surface area contributed by atoms with Gasteiger partial charge in [0.1, 0.15) is 0 Å². The Morgan fingerprint density at radius 2 is 0.400 bits per heavy atom. The molecule has 0 aliphatic heterocycles. The fourth-order valence-corrected chi connectivity index (χ4v) is 0. The summed E-state index contributed by atoms with van der Waals surface area (Å²) in [6.45, 7) is 0. The molecule has 0 atom stereocenters. The van der Waals surface area contributed by atoms with E-state index in [1.165, 1.54) is 0 Å². The first-order valence-corrected chi connectivity index (χ1v) is 0. The summed E-state index contributed by atoms with van der Waals surface area (Å²) < 4.78 is 0. The summed E-state index contributed by atoms with van der Waals surface area (Å²) in [5.41, 5.74) is 0. The van der Waals surface area contributed by atoms with E-state index < -0.39 is 0 Å². The van der Waals surface area contributed by atoms with Crippen molar-refractivity contribution in [3.63, 3.8) is 0 Å². The van der Waals surface area contributed by atoms with Crippen molar-refractivity contribution in [2.45, 2.75) is 0 Å². The van der Waals surface area contributed by atoms with E-state index in [2.05, 4.69) is 0 Å². The molecule has 0 bridgehead atoms. The standard InChI is InChI=1S/2As.3H2S/h;;3*1H2. The van der Waals surface area contributed by atoms with Crippen LogP contribution in [0.1, 0.15) is 0 Å². The summed E-state index contributed by atoms with van der Waals surface area (Å²) in [6, 6.07) is 0. The van der Waals surface area contributed by atoms with E-state index in [0.717, 1.165) is 0 Å². The minimum atomic E-state index is 0. The summed E-state index contributed by atoms with van der Waals surface area (Å²) >= 11 is 0. The van der Waals surface area contributed by atoms with E-state index in [0.29, 0.717) is 0 Å². The molecule has 0 aromatic rings. The number of rotatable bonds is 0. The predicted molar refractivity (Wildman–Crippen MR) is 42.7 cm³/mol. The van der Waals surface area contributed by atoms with Crippen LogP contribution in [0.2, 0.25) is 0 Å². The molecule has 0 aromatic heterocycles. The molecule has 0 amide bonds. The third-order valence-corrected chi connectivity index (χ3v) is 0. The van der Waals surface area contributed by atoms with Crippen LogP contribution in [0.3, 0.4) is 0 Å². The molecule has 5 heteroatoms. The third kappa shape index (κ3) is 22.8. The van der Waals surface area contributed by atoms with E-state index in [-0.39, 0.29) is 76.4 Å². The van der Waals surface area contributed by atoms with Crippen LogP contribution in [-0.2, 0) is 0 Å². The molecule has 0 unspecified atom stereocenters. The summed E-state index contributed by atoms with van der Waals surface area (Å²) in [5.74, 6) is 0. The van der Waals surface area contributed by atoms with Crippen molar-refractivity contribution in [1.29, 1.82) is 0 Å². The van der Waals surface area contributed by atoms with E-state index in [9.17, 15) is 0 Å². The zero-order chi connectivity index (χ0) is 0. The van der Waals surface area contributed by atoms with Gasteiger partial charge in [-0.15, -0.1) is 0 Å². The van der Waals surface area contributed by atoms with Gasteiger partial charge < -0.3 is 0 Å². The maximum absolute atomic E-state index is 0. The fraction of sp³-hybridized carbons (Fsp3) is 0. The maximum atomic E-state index is 0. The van der Waals surface area contributed by atoms with E-state index in [4.69, 9.17) is 0 Å². The molecule has 0 aliphatic rings. The van der Waals surface area contributed by atoms with Gasteiger partial charge in [0.2, 0.25) is 0 Å². The topological polar surface area (TPSA) is 0 Å². The van der Waals surface area contributed by atoms with Crippen molar-refractivity contribution in [1.82, 2.24) is 0 Å². The molecule has 0 fully saturated rings. The molecular formula is H6As2S3. The van der Waals surface area contributed by atoms with Crippen molar-refractivity contribution < 1.29 is 0 Å². The largest absolute Gasteiger partial charge is 0.197 e. The Morgan fingerprint density at radius 3 is 0.400 bits per heavy atom. The molecule has 0 N–H and O–H groups in total. The summed E-state index contributed by atoms with van der Waals surface area (Å²) in [4.78, 5) is 0. The minimum Gasteiger partial charge on any atom is -0.197 e. The van der Waals surface area contributed by atoms with Gasteiger partial charge in [0.15, 0.2) is 0 Å². The molecule has 0 saturated heterocycles. The summed E-state index contributed by atoms with van der Waals surface area (Å²) in [5, 5.41) is 0. The molecule has 0 aliphatic carbocycles. The van der Waals surface area contributed by atoms with Crippen molar-refractivity contribution in [2.75, 3.05) is 0 Å². The first-order chi connectivity index (χ1) is 0. The van der Waals surface area contributed by atoms with Gasteiger partial charge in [-0.1, -0.05) is 0 Å². The first-order valence-electron chi connectivity index (χ1n) is 0. The van der Waals surface area contributed by atoms with Gasteiger partial charge in [-0.2, -0.15) is 40.5 Å². The quantitative estimate of drug-likeness (QED) is 0.513. The van der Waals surface area contributed by atoms with Crippen LogP contribution in [0, 0.1) is 0 Å². The second kappa shape index (κ2) is 35.1. The molecule has 0 spiro atoms. The average Bonchev–Trinajstić information content (AvgIpc) is 0. The molecular weight excluding hydrogens is 246 g/mol. The molecule has 0 heterocycles. The minimum absolute atomic E-state index is 0. The van der Waals surface area contributed by atoms with Gasteiger partial charge >= 0.3 is 0 Å². The van der Waals surface area contributed by atoms with Gasteiger partial charge in [-0.3, -0.25) is 0 Å². The molecule has 0 rings (SSSR count). The smallest absolute Gasteiger partial charge is 0 e. The molecule has 0 aromatic carbocycles. The fourth-order valence-electron chi connectivity index (χ4n) is 0. The SMILES string of the molecule is S.S.S.[As].[As]. The van der Waals surface area contributed by atoms with E-state index >= 15 is 0 Å². The van der Waals surface area contributed by atoms with Gasteiger partial charge in [0.25, 0.3) is 0 Å². The van der Waals surface area contributed by atoms with Crippen molar-refractivity contribution >= 4 is 76.4 Å². The van der Waals surface area contributed by atoms with Gasteiger partial charge in [-0.25, -0.2) is 0 Å². The van der Waals surface area contributed by atoms with E-state index in [1.807, 2.05) is 0 Å². The molecule has 0 saturated carbocycles. The Labute approximate surface area is 75.8 Å². The van der Waals surface area contributed by atoms with Gasteiger partial charge in [-0.05, 0) is 0 Å². The van der Waals surface area contributed by atoms with Crippen LogP contribution in [0.4, 0.5) is 0 Å². The van der Waals surface area contributed by atoms with Crippen LogP contribution in [-0.4, -0.2) is 35.9 Å². The van der Waals surface area contributed by atoms with Crippen LogP contribution in [0.25, 0.3) is 0 Å². The third-order valence-electron chi connectivity index (χ3n) is 0. The summed E-state index contributed by atoms with van der Waals surface area (Å²) in [7, 11) is 0. The molecule has 5 heavy (non-hydrogen) atoms. The molecule has 0 nitrogen and oxygen atoms in total. The normalized spacial score (nSPS) is 0. The summed E-state index contributed by atoms with van der Waals surface area (Å²) in [6.07, 6.45) is 0. The Hall–Kier alpha value is 2.17. The average molecular weight is 252 g/mol. The predicted octanol–water partition coefficient (Wildman–Crippen LogP) is -0.423. The monoisotopic (exact) mass is 252 g/mol. The van der Waals surface area contributed by atoms with Gasteiger partial charge in [0, 0.05) is 35.9 Å². The Balaban J connectivity index is 0. The van der Waals surface area contributed by atoms with Crippen molar-refractivity contribution in [3.05, 3.63) is 0 Å². The Kier molecular flexibility index (Phi) is 407. The van der Waals surface area contributed by atoms with Crippen LogP contribution in [0.15, 0.2) is 0 Å².